The number of carbonyl (C=O) groups excluding carboxylic acids is 1. The zero-order chi connectivity index (χ0) is 50.4. The maximum absolute atomic E-state index is 12.6. The lowest BCUT2D eigenvalue weighted by atomic mass is 9.83. The summed E-state index contributed by atoms with van der Waals surface area (Å²) in [5.41, 5.74) is 5.49. The Morgan fingerprint density at radius 2 is 1.46 bits per heavy atom. The molecule has 0 radical (unpaired) electrons. The normalized spacial score (nSPS) is 31.0. The minimum Gasteiger partial charge on any atom is -0.462 e. The SMILES string of the molecule is C/C=C/C=C/C=C/C=C/[C@@H](C[C@@H]1O[C@](O)(C[C@@H](O)C[C@@H](O)[C@H](O)CC[C@@H](O)C[C@@H](O)CC(=O)O[C@@H](C)[C@H](C)[C@H](O)[C@@H](C)/C=C/C=C/C)C[C@H](O)[C@H]1CO)O[C@@H]1O[C@H](C)[C@@H](O)[C@H](NC(=N)N)[C@@H]1O. The van der Waals surface area contributed by atoms with E-state index in [1.165, 1.54) is 0 Å². The molecule has 0 aromatic heterocycles. The molecule has 2 fully saturated rings. The van der Waals surface area contributed by atoms with Crippen molar-refractivity contribution in [1.82, 2.24) is 5.32 Å². The number of aliphatic hydroxyl groups excluding tert-OH is 10. The third-order valence-electron chi connectivity index (χ3n) is 12.2. The fraction of sp³-hybridized carbons (Fsp3) is 0.708. The van der Waals surface area contributed by atoms with Crippen molar-refractivity contribution >= 4 is 11.9 Å². The van der Waals surface area contributed by atoms with Gasteiger partial charge >= 0.3 is 5.97 Å². The van der Waals surface area contributed by atoms with Gasteiger partial charge in [-0.2, -0.15) is 0 Å². The molecule has 67 heavy (non-hydrogen) atoms. The lowest BCUT2D eigenvalue weighted by Crippen LogP contribution is -2.64. The van der Waals surface area contributed by atoms with Gasteiger partial charge in [0.1, 0.15) is 18.3 Å². The number of nitrogens with two attached hydrogens (primary N) is 1. The molecule has 15 N–H and O–H groups in total. The fourth-order valence-electron chi connectivity index (χ4n) is 8.11. The van der Waals surface area contributed by atoms with E-state index in [1.54, 1.807) is 51.2 Å². The summed E-state index contributed by atoms with van der Waals surface area (Å²) < 4.78 is 23.5. The van der Waals surface area contributed by atoms with Crippen LogP contribution in [0.4, 0.5) is 0 Å². The van der Waals surface area contributed by atoms with Crippen molar-refractivity contribution in [3.05, 3.63) is 72.9 Å². The van der Waals surface area contributed by atoms with Crippen LogP contribution < -0.4 is 11.1 Å². The van der Waals surface area contributed by atoms with Crippen LogP contribution in [0.15, 0.2) is 72.9 Å². The van der Waals surface area contributed by atoms with E-state index in [-0.39, 0.29) is 31.6 Å². The molecule has 0 saturated carbocycles. The first-order valence-corrected chi connectivity index (χ1v) is 23.2. The molecule has 2 aliphatic heterocycles. The van der Waals surface area contributed by atoms with Crippen molar-refractivity contribution in [2.24, 2.45) is 23.5 Å². The molecule has 384 valence electrons. The predicted octanol–water partition coefficient (Wildman–Crippen LogP) is 0.614. The van der Waals surface area contributed by atoms with Crippen LogP contribution >= 0.6 is 0 Å². The van der Waals surface area contributed by atoms with Crippen molar-refractivity contribution in [2.75, 3.05) is 6.61 Å². The number of hydrogen-bond donors (Lipinski definition) is 14. The van der Waals surface area contributed by atoms with Gasteiger partial charge in [-0.15, -0.1) is 0 Å². The van der Waals surface area contributed by atoms with E-state index in [4.69, 9.17) is 30.1 Å². The highest BCUT2D eigenvalue weighted by molar-refractivity contribution is 5.74. The van der Waals surface area contributed by atoms with Crippen LogP contribution in [0.2, 0.25) is 0 Å². The molecule has 19 heteroatoms. The van der Waals surface area contributed by atoms with Crippen molar-refractivity contribution in [3.63, 3.8) is 0 Å². The predicted molar refractivity (Wildman–Crippen MR) is 250 cm³/mol. The quantitative estimate of drug-likeness (QED) is 0.0221. The molecule has 0 aromatic rings. The average Bonchev–Trinajstić information content (AvgIpc) is 3.24. The molecule has 2 aliphatic rings. The van der Waals surface area contributed by atoms with Crippen LogP contribution in [0.5, 0.6) is 0 Å². The molecule has 2 saturated heterocycles. The van der Waals surface area contributed by atoms with Gasteiger partial charge in [0, 0.05) is 43.4 Å². The molecule has 0 aromatic carbocycles. The first-order chi connectivity index (χ1) is 31.6. The summed E-state index contributed by atoms with van der Waals surface area (Å²) in [4.78, 5) is 12.6. The first-order valence-electron chi connectivity index (χ1n) is 23.2. The minimum absolute atomic E-state index is 0.0845. The Balaban J connectivity index is 2.03. The summed E-state index contributed by atoms with van der Waals surface area (Å²) in [5.74, 6) is -4.96. The van der Waals surface area contributed by atoms with E-state index < -0.39 is 154 Å². The van der Waals surface area contributed by atoms with E-state index in [2.05, 4.69) is 5.32 Å². The first kappa shape index (κ1) is 59.7. The summed E-state index contributed by atoms with van der Waals surface area (Å²) >= 11 is 0. The van der Waals surface area contributed by atoms with Crippen LogP contribution in [0.3, 0.4) is 0 Å². The molecule has 0 aliphatic carbocycles. The number of esters is 1. The number of aliphatic hydroxyl groups is 11. The summed E-state index contributed by atoms with van der Waals surface area (Å²) in [6.07, 6.45) is 2.06. The lowest BCUT2D eigenvalue weighted by Gasteiger charge is -2.46. The van der Waals surface area contributed by atoms with Gasteiger partial charge in [-0.1, -0.05) is 86.8 Å². The van der Waals surface area contributed by atoms with E-state index in [1.807, 2.05) is 63.3 Å². The van der Waals surface area contributed by atoms with Gasteiger partial charge < -0.3 is 86.2 Å². The monoisotopic (exact) mass is 956 g/mol. The number of allylic oxidation sites excluding steroid dienone is 10. The smallest absolute Gasteiger partial charge is 0.308 e. The van der Waals surface area contributed by atoms with Crippen LogP contribution in [0, 0.1) is 23.2 Å². The Bertz CT molecular complexity index is 1630. The summed E-state index contributed by atoms with van der Waals surface area (Å²) in [7, 11) is 0. The van der Waals surface area contributed by atoms with Crippen LogP contribution in [0.25, 0.3) is 0 Å². The Labute approximate surface area is 395 Å². The van der Waals surface area contributed by atoms with E-state index >= 15 is 0 Å². The zero-order valence-corrected chi connectivity index (χ0v) is 39.7. The number of hydrogen-bond acceptors (Lipinski definition) is 17. The molecule has 0 bridgehead atoms. The highest BCUT2D eigenvalue weighted by Crippen LogP contribution is 2.38. The highest BCUT2D eigenvalue weighted by Gasteiger charge is 2.49. The number of guanidine groups is 1. The average molecular weight is 956 g/mol. The van der Waals surface area contributed by atoms with Crippen LogP contribution in [0.1, 0.15) is 92.9 Å². The molecular formula is C48H81N3O16. The van der Waals surface area contributed by atoms with Gasteiger partial charge in [0.05, 0.1) is 80.1 Å². The van der Waals surface area contributed by atoms with Crippen molar-refractivity contribution < 1.29 is 79.9 Å². The fourth-order valence-corrected chi connectivity index (χ4v) is 8.11. The molecule has 0 spiro atoms. The van der Waals surface area contributed by atoms with Gasteiger partial charge in [0.15, 0.2) is 18.0 Å². The topological polar surface area (TPSA) is 338 Å². The zero-order valence-electron chi connectivity index (χ0n) is 39.7. The standard InChI is InChI=1S/C48H81N3O16/c1-7-9-11-12-13-14-16-18-35(66-46-45(62)42(51-47(49)50)44(61)31(6)65-46)24-40-36(27-52)39(58)26-48(63,67-40)25-34(55)22-38(57)37(56)20-19-32(53)21-33(54)23-41(59)64-30(5)29(4)43(60)28(3)17-15-10-8-2/h7-18,28-40,42-46,52-58,60-63H,19-27H2,1-6H3,(H4,49,50,51)/b9-7+,10-8+,12-11+,14-13+,17-15+,18-16+/t28-,29-,30-,31+,32+,33+,34-,35-,36+,37+,38+,39-,40-,42-,43+,44+,45-,46-,48+/m0/s1. The second kappa shape index (κ2) is 30.3. The van der Waals surface area contributed by atoms with Gasteiger partial charge in [-0.25, -0.2) is 0 Å². The number of nitrogens with one attached hydrogen (secondary N) is 2. The van der Waals surface area contributed by atoms with Gasteiger partial charge in [-0.3, -0.25) is 10.2 Å². The molecule has 2 heterocycles. The molecule has 19 nitrogen and oxygen atoms in total. The van der Waals surface area contributed by atoms with E-state index in [0.29, 0.717) is 0 Å². The van der Waals surface area contributed by atoms with Crippen molar-refractivity contribution in [3.8, 4) is 0 Å². The molecule has 2 rings (SSSR count). The molecular weight excluding hydrogens is 875 g/mol. The third kappa shape index (κ3) is 21.0. The minimum atomic E-state index is -2.19. The van der Waals surface area contributed by atoms with Crippen molar-refractivity contribution in [1.29, 1.82) is 5.41 Å². The largest absolute Gasteiger partial charge is 0.462 e. The summed E-state index contributed by atoms with van der Waals surface area (Å²) in [6.45, 7) is 9.97. The Morgan fingerprint density at radius 3 is 2.09 bits per heavy atom. The van der Waals surface area contributed by atoms with E-state index in [0.717, 1.165) is 0 Å². The summed E-state index contributed by atoms with van der Waals surface area (Å²) in [6, 6.07) is -1.14. The van der Waals surface area contributed by atoms with Crippen molar-refractivity contribution in [2.45, 2.75) is 190 Å². The number of rotatable bonds is 28. The molecule has 0 amide bonds. The Kier molecular flexibility index (Phi) is 27.0. The van der Waals surface area contributed by atoms with Crippen LogP contribution in [-0.4, -0.2) is 172 Å². The van der Waals surface area contributed by atoms with E-state index in [9.17, 15) is 61.0 Å². The third-order valence-corrected chi connectivity index (χ3v) is 12.2. The maximum atomic E-state index is 12.6. The highest BCUT2D eigenvalue weighted by atomic mass is 16.7. The summed E-state index contributed by atoms with van der Waals surface area (Å²) in [5, 5.41) is 129. The Morgan fingerprint density at radius 1 is 0.851 bits per heavy atom. The lowest BCUT2D eigenvalue weighted by molar-refractivity contribution is -0.312. The van der Waals surface area contributed by atoms with Crippen LogP contribution in [-0.2, 0) is 23.7 Å². The van der Waals surface area contributed by atoms with Gasteiger partial charge in [-0.05, 0) is 47.0 Å². The maximum Gasteiger partial charge on any atom is 0.308 e. The number of carbonyl (C=O) groups is 1. The number of ether oxygens (including phenoxy) is 4. The molecule has 19 atom stereocenters. The van der Waals surface area contributed by atoms with Gasteiger partial charge in [0.2, 0.25) is 0 Å². The molecule has 0 unspecified atom stereocenters. The van der Waals surface area contributed by atoms with Gasteiger partial charge in [0.25, 0.3) is 0 Å². The Hall–Kier alpha value is -3.38. The second-order valence-corrected chi connectivity index (χ2v) is 18.0. The second-order valence-electron chi connectivity index (χ2n) is 18.0.